The van der Waals surface area contributed by atoms with Gasteiger partial charge >= 0.3 is 5.97 Å². The van der Waals surface area contributed by atoms with Crippen molar-refractivity contribution in [3.63, 3.8) is 0 Å². The number of aliphatic hydroxyl groups is 1. The Morgan fingerprint density at radius 1 is 1.10 bits per heavy atom. The molecule has 2 atom stereocenters. The van der Waals surface area contributed by atoms with Gasteiger partial charge in [-0.2, -0.15) is 0 Å². The lowest BCUT2D eigenvalue weighted by molar-refractivity contribution is -0.476. The van der Waals surface area contributed by atoms with E-state index in [1.54, 1.807) is 12.1 Å². The summed E-state index contributed by atoms with van der Waals surface area (Å²) in [7, 11) is 0. The van der Waals surface area contributed by atoms with Crippen LogP contribution in [0, 0.1) is 5.41 Å². The number of benzene rings is 1. The van der Waals surface area contributed by atoms with Gasteiger partial charge in [-0.1, -0.05) is 19.1 Å². The number of phenolic OH excluding ortho intramolecular Hbond substituents is 1. The van der Waals surface area contributed by atoms with Gasteiger partial charge < -0.3 is 30.2 Å². The monoisotopic (exact) mass is 281 g/mol. The van der Waals surface area contributed by atoms with Crippen molar-refractivity contribution in [1.29, 1.82) is 0 Å². The summed E-state index contributed by atoms with van der Waals surface area (Å²) in [6, 6.07) is 5.31. The summed E-state index contributed by atoms with van der Waals surface area (Å²) in [6.45, 7) is 3.48. The van der Waals surface area contributed by atoms with Crippen LogP contribution >= 0.6 is 0 Å². The molecule has 3 aliphatic rings. The average Bonchev–Trinajstić information content (AvgIpc) is 2.48. The highest BCUT2D eigenvalue weighted by molar-refractivity contribution is 5.28. The molecule has 0 amide bonds. The van der Waals surface area contributed by atoms with Crippen molar-refractivity contribution in [2.75, 3.05) is 19.8 Å². The smallest absolute Gasteiger partial charge is 0.302 e. The Morgan fingerprint density at radius 2 is 1.60 bits per heavy atom. The second kappa shape index (κ2) is 4.68. The van der Waals surface area contributed by atoms with E-state index in [1.165, 1.54) is 12.1 Å². The second-order valence-corrected chi connectivity index (χ2v) is 5.84. The maximum atomic E-state index is 10.4. The molecule has 0 aliphatic carbocycles. The highest BCUT2D eigenvalue weighted by Gasteiger charge is 2.55. The van der Waals surface area contributed by atoms with E-state index in [-0.39, 0.29) is 11.2 Å². The molecule has 1 aromatic carbocycles. The quantitative estimate of drug-likeness (QED) is 0.746. The Morgan fingerprint density at radius 3 is 2.10 bits per heavy atom. The topological polar surface area (TPSA) is 94.2 Å². The van der Waals surface area contributed by atoms with E-state index < -0.39 is 18.1 Å². The minimum absolute atomic E-state index is 0.127. The SMILES string of the molecule is CC12COC(C(N)C(O)c3ccc(O)cc3)(OC1)OC2. The molecule has 2 unspecified atom stereocenters. The highest BCUT2D eigenvalue weighted by atomic mass is 16.9. The first kappa shape index (κ1) is 13.8. The van der Waals surface area contributed by atoms with E-state index in [0.29, 0.717) is 25.4 Å². The van der Waals surface area contributed by atoms with Gasteiger partial charge in [0.15, 0.2) is 0 Å². The fourth-order valence-electron chi connectivity index (χ4n) is 2.44. The van der Waals surface area contributed by atoms with Crippen LogP contribution in [-0.2, 0) is 14.2 Å². The highest BCUT2D eigenvalue weighted by Crippen LogP contribution is 2.41. The number of rotatable bonds is 3. The van der Waals surface area contributed by atoms with E-state index in [4.69, 9.17) is 19.9 Å². The lowest BCUT2D eigenvalue weighted by atomic mass is 9.90. The number of ether oxygens (including phenoxy) is 3. The molecule has 0 saturated carbocycles. The van der Waals surface area contributed by atoms with Crippen LogP contribution in [0.25, 0.3) is 0 Å². The standard InChI is InChI=1S/C14H19NO5/c1-13-6-18-14(19-7-13,20-8-13)12(15)11(17)9-2-4-10(16)5-3-9/h2-5,11-12,16-17H,6-8,15H2,1H3. The average molecular weight is 281 g/mol. The van der Waals surface area contributed by atoms with E-state index in [9.17, 15) is 10.2 Å². The van der Waals surface area contributed by atoms with Crippen molar-refractivity contribution in [2.24, 2.45) is 11.1 Å². The van der Waals surface area contributed by atoms with Gasteiger partial charge in [0.25, 0.3) is 0 Å². The number of hydrogen-bond donors (Lipinski definition) is 3. The first-order chi connectivity index (χ1) is 9.44. The summed E-state index contributed by atoms with van der Waals surface area (Å²) in [4.78, 5) is 0. The zero-order valence-corrected chi connectivity index (χ0v) is 11.3. The summed E-state index contributed by atoms with van der Waals surface area (Å²) in [5, 5.41) is 19.6. The first-order valence-electron chi connectivity index (χ1n) is 6.59. The Kier molecular flexibility index (Phi) is 3.23. The molecule has 4 N–H and O–H groups in total. The molecular formula is C14H19NO5. The molecule has 20 heavy (non-hydrogen) atoms. The van der Waals surface area contributed by atoms with E-state index >= 15 is 0 Å². The van der Waals surface area contributed by atoms with E-state index in [2.05, 4.69) is 0 Å². The fraction of sp³-hybridized carbons (Fsp3) is 0.571. The first-order valence-corrected chi connectivity index (χ1v) is 6.59. The molecule has 6 nitrogen and oxygen atoms in total. The van der Waals surface area contributed by atoms with Crippen molar-refractivity contribution in [3.8, 4) is 5.75 Å². The zero-order valence-electron chi connectivity index (χ0n) is 11.3. The zero-order chi connectivity index (χ0) is 14.4. The third-order valence-electron chi connectivity index (χ3n) is 3.85. The van der Waals surface area contributed by atoms with Crippen LogP contribution in [0.2, 0.25) is 0 Å². The van der Waals surface area contributed by atoms with Crippen LogP contribution in [0.4, 0.5) is 0 Å². The number of phenols is 1. The number of fused-ring (bicyclic) bond motifs is 3. The molecule has 6 heteroatoms. The van der Waals surface area contributed by atoms with E-state index in [1.807, 2.05) is 6.92 Å². The summed E-state index contributed by atoms with van der Waals surface area (Å²) in [5.41, 5.74) is 6.51. The lowest BCUT2D eigenvalue weighted by Crippen LogP contribution is -2.67. The maximum Gasteiger partial charge on any atom is 0.302 e. The van der Waals surface area contributed by atoms with Crippen LogP contribution in [-0.4, -0.2) is 42.0 Å². The molecule has 3 fully saturated rings. The minimum atomic E-state index is -1.39. The van der Waals surface area contributed by atoms with Gasteiger partial charge in [-0.05, 0) is 17.7 Å². The molecule has 1 aromatic rings. The summed E-state index contributed by atoms with van der Waals surface area (Å²) in [6.07, 6.45) is -1.02. The lowest BCUT2D eigenvalue weighted by Gasteiger charge is -2.52. The van der Waals surface area contributed by atoms with Gasteiger partial charge in [-0.25, -0.2) is 0 Å². The van der Waals surface area contributed by atoms with Crippen molar-refractivity contribution >= 4 is 0 Å². The van der Waals surface area contributed by atoms with Gasteiger partial charge in [0.2, 0.25) is 0 Å². The molecule has 3 saturated heterocycles. The molecule has 3 aliphatic heterocycles. The Bertz CT molecular complexity index is 464. The molecule has 0 aromatic heterocycles. The van der Waals surface area contributed by atoms with Gasteiger partial charge in [0.05, 0.1) is 19.8 Å². The summed E-state index contributed by atoms with van der Waals surface area (Å²) >= 11 is 0. The van der Waals surface area contributed by atoms with Gasteiger partial charge in [0.1, 0.15) is 17.9 Å². The Balaban J connectivity index is 1.78. The van der Waals surface area contributed by atoms with Crippen LogP contribution in [0.3, 0.4) is 0 Å². The van der Waals surface area contributed by atoms with Crippen LogP contribution < -0.4 is 5.73 Å². The van der Waals surface area contributed by atoms with Crippen LogP contribution in [0.1, 0.15) is 18.6 Å². The molecule has 0 spiro atoms. The van der Waals surface area contributed by atoms with Crippen molar-refractivity contribution in [2.45, 2.75) is 25.0 Å². The van der Waals surface area contributed by atoms with Crippen LogP contribution in [0.15, 0.2) is 24.3 Å². The largest absolute Gasteiger partial charge is 0.508 e. The van der Waals surface area contributed by atoms with Crippen molar-refractivity contribution in [1.82, 2.24) is 0 Å². The molecule has 4 rings (SSSR count). The molecule has 3 heterocycles. The normalized spacial score (nSPS) is 35.8. The number of aromatic hydroxyl groups is 1. The maximum absolute atomic E-state index is 10.4. The van der Waals surface area contributed by atoms with Gasteiger partial charge in [-0.3, -0.25) is 0 Å². The fourth-order valence-corrected chi connectivity index (χ4v) is 2.44. The summed E-state index contributed by atoms with van der Waals surface area (Å²) < 4.78 is 16.9. The predicted octanol–water partition coefficient (Wildman–Crippen LogP) is 0.490. The number of aliphatic hydroxyl groups excluding tert-OH is 1. The molecule has 0 radical (unpaired) electrons. The van der Waals surface area contributed by atoms with Gasteiger partial charge in [-0.15, -0.1) is 0 Å². The molecule has 2 bridgehead atoms. The van der Waals surface area contributed by atoms with Crippen molar-refractivity contribution in [3.05, 3.63) is 29.8 Å². The minimum Gasteiger partial charge on any atom is -0.508 e. The van der Waals surface area contributed by atoms with Crippen molar-refractivity contribution < 1.29 is 24.4 Å². The third-order valence-corrected chi connectivity index (χ3v) is 3.85. The van der Waals surface area contributed by atoms with E-state index in [0.717, 1.165) is 0 Å². The summed E-state index contributed by atoms with van der Waals surface area (Å²) in [5.74, 6) is -1.27. The predicted molar refractivity (Wildman–Crippen MR) is 69.7 cm³/mol. The number of nitrogens with two attached hydrogens (primary N) is 1. The second-order valence-electron chi connectivity index (χ2n) is 5.84. The molecular weight excluding hydrogens is 262 g/mol. The number of hydrogen-bond acceptors (Lipinski definition) is 6. The molecule has 110 valence electrons. The Hall–Kier alpha value is -1.18. The van der Waals surface area contributed by atoms with Crippen LogP contribution in [0.5, 0.6) is 5.75 Å². The third kappa shape index (κ3) is 2.19. The Labute approximate surface area is 117 Å². The van der Waals surface area contributed by atoms with Gasteiger partial charge in [0, 0.05) is 5.41 Å².